The molecule has 5 nitrogen and oxygen atoms in total. The van der Waals surface area contributed by atoms with E-state index in [0.29, 0.717) is 12.5 Å². The van der Waals surface area contributed by atoms with E-state index in [0.717, 1.165) is 64.9 Å². The molecule has 1 saturated heterocycles. The van der Waals surface area contributed by atoms with Crippen LogP contribution in [0.2, 0.25) is 0 Å². The molecule has 3 heterocycles. The van der Waals surface area contributed by atoms with E-state index in [9.17, 15) is 4.79 Å². The fourth-order valence-electron chi connectivity index (χ4n) is 4.66. The number of aromatic nitrogens is 1. The normalized spacial score (nSPS) is 21.5. The molecule has 0 spiro atoms. The zero-order valence-corrected chi connectivity index (χ0v) is 19.0. The molecule has 1 fully saturated rings. The van der Waals surface area contributed by atoms with E-state index in [1.807, 2.05) is 41.3 Å². The highest BCUT2D eigenvalue weighted by atomic mass is 35.5. The number of para-hydroxylation sites is 1. The van der Waals surface area contributed by atoms with Crippen molar-refractivity contribution in [2.24, 2.45) is 11.7 Å². The monoisotopic (exact) mass is 459 g/mol. The van der Waals surface area contributed by atoms with Gasteiger partial charge in [0.05, 0.1) is 23.0 Å². The molecule has 0 saturated carbocycles. The summed E-state index contributed by atoms with van der Waals surface area (Å²) < 4.78 is 5.55. The van der Waals surface area contributed by atoms with Crippen molar-refractivity contribution in [1.29, 1.82) is 0 Å². The van der Waals surface area contributed by atoms with Crippen LogP contribution >= 0.6 is 24.8 Å². The van der Waals surface area contributed by atoms with Gasteiger partial charge in [0.25, 0.3) is 5.91 Å². The van der Waals surface area contributed by atoms with Crippen molar-refractivity contribution < 1.29 is 9.21 Å². The van der Waals surface area contributed by atoms with Crippen LogP contribution in [-0.4, -0.2) is 34.9 Å². The largest absolute Gasteiger partial charge is 0.465 e. The quantitative estimate of drug-likeness (QED) is 0.586. The first-order valence-electron chi connectivity index (χ1n) is 10.3. The van der Waals surface area contributed by atoms with Gasteiger partial charge in [-0.2, -0.15) is 0 Å². The fourth-order valence-corrected chi connectivity index (χ4v) is 4.66. The number of benzene rings is 1. The highest BCUT2D eigenvalue weighted by molar-refractivity contribution is 6.09. The molecule has 1 unspecified atom stereocenters. The SMILES string of the molecule is CC1C/C(=C/c2ccco2)c2nc3ccccc3c(C(=O)N3CC[C@@H](N)C3)c2C1.Cl.Cl. The second-order valence-electron chi connectivity index (χ2n) is 8.33. The maximum absolute atomic E-state index is 13.6. The average Bonchev–Trinajstić information content (AvgIpc) is 3.38. The lowest BCUT2D eigenvalue weighted by Crippen LogP contribution is -2.33. The molecule has 0 radical (unpaired) electrons. The summed E-state index contributed by atoms with van der Waals surface area (Å²) in [7, 11) is 0. The highest BCUT2D eigenvalue weighted by Crippen LogP contribution is 2.39. The molecule has 1 aliphatic carbocycles. The molecule has 0 bridgehead atoms. The van der Waals surface area contributed by atoms with Gasteiger partial charge < -0.3 is 15.1 Å². The number of rotatable bonds is 2. The number of hydrogen-bond acceptors (Lipinski definition) is 4. The first-order valence-corrected chi connectivity index (χ1v) is 10.3. The Morgan fingerprint density at radius 1 is 1.19 bits per heavy atom. The number of amides is 1. The number of hydrogen-bond donors (Lipinski definition) is 1. The lowest BCUT2D eigenvalue weighted by Gasteiger charge is -2.28. The highest BCUT2D eigenvalue weighted by Gasteiger charge is 2.32. The molecule has 7 heteroatoms. The minimum absolute atomic E-state index is 0. The number of nitrogens with zero attached hydrogens (tertiary/aromatic N) is 2. The number of fused-ring (bicyclic) bond motifs is 2. The number of furan rings is 1. The van der Waals surface area contributed by atoms with Gasteiger partial charge in [0.2, 0.25) is 0 Å². The summed E-state index contributed by atoms with van der Waals surface area (Å²) in [5.41, 5.74) is 10.9. The molecule has 1 aliphatic heterocycles. The third-order valence-corrected chi connectivity index (χ3v) is 6.00. The fraction of sp³-hybridized carbons (Fsp3) is 0.333. The van der Waals surface area contributed by atoms with Crippen LogP contribution in [0.25, 0.3) is 22.6 Å². The maximum atomic E-state index is 13.6. The summed E-state index contributed by atoms with van der Waals surface area (Å²) in [5.74, 6) is 1.33. The number of allylic oxidation sites excluding steroid dienone is 1. The topological polar surface area (TPSA) is 72.4 Å². The number of carbonyl (C=O) groups is 1. The molecule has 3 aromatic rings. The van der Waals surface area contributed by atoms with Crippen LogP contribution in [0.5, 0.6) is 0 Å². The van der Waals surface area contributed by atoms with Gasteiger partial charge in [-0.15, -0.1) is 24.8 Å². The second-order valence-corrected chi connectivity index (χ2v) is 8.33. The van der Waals surface area contributed by atoms with Gasteiger partial charge in [-0.05, 0) is 60.6 Å². The third-order valence-electron chi connectivity index (χ3n) is 6.00. The van der Waals surface area contributed by atoms with Crippen LogP contribution in [0.15, 0.2) is 47.1 Å². The Kier molecular flexibility index (Phi) is 7.10. The van der Waals surface area contributed by atoms with Gasteiger partial charge in [-0.25, -0.2) is 4.98 Å². The predicted molar refractivity (Wildman–Crippen MR) is 129 cm³/mol. The Hall–Kier alpha value is -2.34. The molecular formula is C24H27Cl2N3O2. The molecule has 2 aliphatic rings. The van der Waals surface area contributed by atoms with Crippen molar-refractivity contribution in [1.82, 2.24) is 9.88 Å². The van der Waals surface area contributed by atoms with Crippen LogP contribution < -0.4 is 5.73 Å². The first-order chi connectivity index (χ1) is 14.1. The van der Waals surface area contributed by atoms with Crippen molar-refractivity contribution in [3.05, 3.63) is 65.2 Å². The van der Waals surface area contributed by atoms with Crippen molar-refractivity contribution in [3.63, 3.8) is 0 Å². The summed E-state index contributed by atoms with van der Waals surface area (Å²) in [6, 6.07) is 11.9. The average molecular weight is 460 g/mol. The summed E-state index contributed by atoms with van der Waals surface area (Å²) in [5, 5.41) is 0.933. The van der Waals surface area contributed by atoms with Gasteiger partial charge in [0, 0.05) is 24.5 Å². The lowest BCUT2D eigenvalue weighted by molar-refractivity contribution is 0.0791. The van der Waals surface area contributed by atoms with E-state index in [1.54, 1.807) is 6.26 Å². The van der Waals surface area contributed by atoms with E-state index in [2.05, 4.69) is 13.0 Å². The minimum atomic E-state index is 0. The molecule has 164 valence electrons. The molecular weight excluding hydrogens is 433 g/mol. The zero-order chi connectivity index (χ0) is 20.0. The smallest absolute Gasteiger partial charge is 0.254 e. The van der Waals surface area contributed by atoms with Crippen LogP contribution in [-0.2, 0) is 6.42 Å². The Morgan fingerprint density at radius 2 is 2.00 bits per heavy atom. The van der Waals surface area contributed by atoms with Crippen LogP contribution in [0.4, 0.5) is 0 Å². The van der Waals surface area contributed by atoms with Gasteiger partial charge in [-0.3, -0.25) is 4.79 Å². The van der Waals surface area contributed by atoms with E-state index < -0.39 is 0 Å². The zero-order valence-electron chi connectivity index (χ0n) is 17.4. The van der Waals surface area contributed by atoms with E-state index in [4.69, 9.17) is 15.1 Å². The van der Waals surface area contributed by atoms with E-state index in [-0.39, 0.29) is 36.8 Å². The standard InChI is InChI=1S/C24H25N3O2.2ClH/c1-15-11-16(13-18-5-4-10-29-18)23-20(12-15)22(19-6-2-3-7-21(19)26-23)24(28)27-9-8-17(25)14-27;;/h2-7,10,13,15,17H,8-9,11-12,14,25H2,1H3;2*1H/b16-13-;;/t15?,17-;;/m1../s1. The van der Waals surface area contributed by atoms with Crippen molar-refractivity contribution in [2.75, 3.05) is 13.1 Å². The van der Waals surface area contributed by atoms with Gasteiger partial charge >= 0.3 is 0 Å². The second kappa shape index (κ2) is 9.43. The lowest BCUT2D eigenvalue weighted by atomic mass is 9.80. The van der Waals surface area contributed by atoms with Crippen LogP contribution in [0.3, 0.4) is 0 Å². The molecule has 1 amide bonds. The molecule has 5 rings (SSSR count). The Bertz CT molecular complexity index is 1110. The van der Waals surface area contributed by atoms with Gasteiger partial charge in [0.15, 0.2) is 0 Å². The molecule has 31 heavy (non-hydrogen) atoms. The molecule has 2 atom stereocenters. The van der Waals surface area contributed by atoms with Gasteiger partial charge in [-0.1, -0.05) is 25.1 Å². The van der Waals surface area contributed by atoms with Crippen LogP contribution in [0.1, 0.15) is 47.1 Å². The summed E-state index contributed by atoms with van der Waals surface area (Å²) in [4.78, 5) is 20.5. The molecule has 2 N–H and O–H groups in total. The van der Waals surface area contributed by atoms with E-state index >= 15 is 0 Å². The maximum Gasteiger partial charge on any atom is 0.254 e. The Morgan fingerprint density at radius 3 is 2.71 bits per heavy atom. The number of pyridine rings is 1. The first kappa shape index (κ1) is 23.3. The Labute approximate surface area is 194 Å². The van der Waals surface area contributed by atoms with Crippen molar-refractivity contribution >= 4 is 53.3 Å². The number of carbonyl (C=O) groups excluding carboxylic acids is 1. The number of likely N-dealkylation sites (tertiary alicyclic amines) is 1. The third kappa shape index (κ3) is 4.36. The van der Waals surface area contributed by atoms with Crippen LogP contribution in [0, 0.1) is 5.92 Å². The van der Waals surface area contributed by atoms with Crippen molar-refractivity contribution in [2.45, 2.75) is 32.2 Å². The number of halogens is 2. The summed E-state index contributed by atoms with van der Waals surface area (Å²) >= 11 is 0. The van der Waals surface area contributed by atoms with Gasteiger partial charge in [0.1, 0.15) is 5.76 Å². The Balaban J connectivity index is 0.00000136. The number of nitrogens with two attached hydrogens (primary N) is 1. The summed E-state index contributed by atoms with van der Waals surface area (Å²) in [6.45, 7) is 3.57. The van der Waals surface area contributed by atoms with E-state index in [1.165, 1.54) is 0 Å². The molecule has 2 aromatic heterocycles. The minimum Gasteiger partial charge on any atom is -0.465 e. The molecule has 1 aromatic carbocycles. The summed E-state index contributed by atoms with van der Waals surface area (Å²) in [6.07, 6.45) is 6.37. The van der Waals surface area contributed by atoms with Crippen molar-refractivity contribution in [3.8, 4) is 0 Å². The predicted octanol–water partition coefficient (Wildman–Crippen LogP) is 4.97.